The van der Waals surface area contributed by atoms with Crippen molar-refractivity contribution < 1.29 is 14.7 Å². The van der Waals surface area contributed by atoms with E-state index in [1.54, 1.807) is 20.8 Å². The summed E-state index contributed by atoms with van der Waals surface area (Å²) in [6.07, 6.45) is 3.02. The molecule has 0 spiro atoms. The van der Waals surface area contributed by atoms with Crippen molar-refractivity contribution in [3.05, 3.63) is 0 Å². The molecule has 0 heterocycles. The highest BCUT2D eigenvalue weighted by molar-refractivity contribution is 5.84. The maximum atomic E-state index is 11.8. The fourth-order valence-electron chi connectivity index (χ4n) is 2.01. The van der Waals surface area contributed by atoms with Gasteiger partial charge in [0.05, 0.1) is 0 Å². The number of aliphatic carboxylic acids is 1. The van der Waals surface area contributed by atoms with Crippen LogP contribution >= 0.6 is 0 Å². The van der Waals surface area contributed by atoms with E-state index in [0.29, 0.717) is 18.9 Å². The van der Waals surface area contributed by atoms with Crippen LogP contribution in [0.15, 0.2) is 0 Å². The molecule has 0 aliphatic rings. The zero-order valence-corrected chi connectivity index (χ0v) is 12.5. The minimum atomic E-state index is -0.991. The lowest BCUT2D eigenvalue weighted by atomic mass is 9.86. The summed E-state index contributed by atoms with van der Waals surface area (Å²) >= 11 is 0. The maximum absolute atomic E-state index is 11.8. The van der Waals surface area contributed by atoms with Crippen LogP contribution in [-0.4, -0.2) is 29.6 Å². The van der Waals surface area contributed by atoms with Crippen molar-refractivity contribution in [1.29, 1.82) is 0 Å². The summed E-state index contributed by atoms with van der Waals surface area (Å²) in [6, 6.07) is -0.852. The van der Waals surface area contributed by atoms with Crippen molar-refractivity contribution in [1.82, 2.24) is 5.32 Å². The normalized spacial score (nSPS) is 14.8. The van der Waals surface area contributed by atoms with Crippen LogP contribution < -0.4 is 11.1 Å². The molecule has 4 N–H and O–H groups in total. The molecule has 5 heteroatoms. The SMILES string of the molecule is CCC(CCN)CCC(=O)N[C@@H](C(=O)O)C(C)(C)C. The molecule has 1 unspecified atom stereocenters. The minimum Gasteiger partial charge on any atom is -0.480 e. The average molecular weight is 272 g/mol. The molecule has 0 radical (unpaired) electrons. The fourth-order valence-corrected chi connectivity index (χ4v) is 2.01. The van der Waals surface area contributed by atoms with Crippen molar-refractivity contribution >= 4 is 11.9 Å². The van der Waals surface area contributed by atoms with Gasteiger partial charge < -0.3 is 16.2 Å². The highest BCUT2D eigenvalue weighted by Gasteiger charge is 2.32. The van der Waals surface area contributed by atoms with E-state index in [2.05, 4.69) is 12.2 Å². The van der Waals surface area contributed by atoms with E-state index < -0.39 is 17.4 Å². The second kappa shape index (κ2) is 8.15. The molecule has 0 saturated carbocycles. The highest BCUT2D eigenvalue weighted by atomic mass is 16.4. The molecule has 0 aliphatic heterocycles. The van der Waals surface area contributed by atoms with Crippen LogP contribution in [0.3, 0.4) is 0 Å². The monoisotopic (exact) mass is 272 g/mol. The molecule has 1 amide bonds. The van der Waals surface area contributed by atoms with Crippen molar-refractivity contribution in [3.63, 3.8) is 0 Å². The molecule has 0 aliphatic carbocycles. The predicted octanol–water partition coefficient (Wildman–Crippen LogP) is 1.76. The van der Waals surface area contributed by atoms with Crippen LogP contribution in [0.5, 0.6) is 0 Å². The zero-order chi connectivity index (χ0) is 15.1. The topological polar surface area (TPSA) is 92.4 Å². The molecular weight excluding hydrogens is 244 g/mol. The molecule has 2 atom stereocenters. The number of carboxylic acid groups (broad SMARTS) is 1. The maximum Gasteiger partial charge on any atom is 0.326 e. The molecule has 19 heavy (non-hydrogen) atoms. The molecule has 0 saturated heterocycles. The van der Waals surface area contributed by atoms with E-state index in [9.17, 15) is 9.59 Å². The van der Waals surface area contributed by atoms with Crippen LogP contribution in [0.25, 0.3) is 0 Å². The van der Waals surface area contributed by atoms with E-state index in [1.807, 2.05) is 0 Å². The standard InChI is InChI=1S/C14H28N2O3/c1-5-10(8-9-15)6-7-11(17)16-12(13(18)19)14(2,3)4/h10,12H,5-9,15H2,1-4H3,(H,16,17)(H,18,19)/t10?,12-/m0/s1. The van der Waals surface area contributed by atoms with Crippen molar-refractivity contribution in [3.8, 4) is 0 Å². The molecule has 0 rings (SSSR count). The Bertz CT molecular complexity index is 298. The van der Waals surface area contributed by atoms with Crippen LogP contribution in [0, 0.1) is 11.3 Å². The van der Waals surface area contributed by atoms with Crippen molar-refractivity contribution in [2.75, 3.05) is 6.54 Å². The Balaban J connectivity index is 4.32. The number of amides is 1. The Labute approximate surface area is 115 Å². The van der Waals surface area contributed by atoms with Gasteiger partial charge in [-0.05, 0) is 30.7 Å². The van der Waals surface area contributed by atoms with Crippen LogP contribution in [0.2, 0.25) is 0 Å². The first-order valence-corrected chi connectivity index (χ1v) is 6.94. The van der Waals surface area contributed by atoms with E-state index in [0.717, 1.165) is 19.3 Å². The Morgan fingerprint density at radius 1 is 1.26 bits per heavy atom. The first-order valence-electron chi connectivity index (χ1n) is 6.94. The van der Waals surface area contributed by atoms with Gasteiger partial charge in [-0.25, -0.2) is 4.79 Å². The average Bonchev–Trinajstić information content (AvgIpc) is 2.29. The third kappa shape index (κ3) is 7.15. The van der Waals surface area contributed by atoms with Crippen LogP contribution in [0.1, 0.15) is 53.4 Å². The lowest BCUT2D eigenvalue weighted by Crippen LogP contribution is -2.49. The van der Waals surface area contributed by atoms with Crippen LogP contribution in [0.4, 0.5) is 0 Å². The number of nitrogens with two attached hydrogens (primary N) is 1. The van der Waals surface area contributed by atoms with Gasteiger partial charge in [0.2, 0.25) is 5.91 Å². The highest BCUT2D eigenvalue weighted by Crippen LogP contribution is 2.20. The quantitative estimate of drug-likeness (QED) is 0.627. The number of nitrogens with one attached hydrogen (secondary N) is 1. The number of rotatable bonds is 8. The number of carboxylic acids is 1. The summed E-state index contributed by atoms with van der Waals surface area (Å²) in [4.78, 5) is 23.0. The summed E-state index contributed by atoms with van der Waals surface area (Å²) in [7, 11) is 0. The summed E-state index contributed by atoms with van der Waals surface area (Å²) in [5.41, 5.74) is 5.01. The first-order chi connectivity index (χ1) is 8.72. The summed E-state index contributed by atoms with van der Waals surface area (Å²) < 4.78 is 0. The molecule has 0 aromatic heterocycles. The smallest absolute Gasteiger partial charge is 0.326 e. The van der Waals surface area contributed by atoms with Gasteiger partial charge in [-0.15, -0.1) is 0 Å². The lowest BCUT2D eigenvalue weighted by molar-refractivity contribution is -0.145. The second-order valence-corrected chi connectivity index (χ2v) is 6.10. The van der Waals surface area contributed by atoms with E-state index >= 15 is 0 Å². The van der Waals surface area contributed by atoms with Gasteiger partial charge in [-0.3, -0.25) is 4.79 Å². The molecule has 5 nitrogen and oxygen atoms in total. The van der Waals surface area contributed by atoms with E-state index in [-0.39, 0.29) is 5.91 Å². The van der Waals surface area contributed by atoms with Gasteiger partial charge in [0.15, 0.2) is 0 Å². The molecule has 0 bridgehead atoms. The van der Waals surface area contributed by atoms with E-state index in [1.165, 1.54) is 0 Å². The van der Waals surface area contributed by atoms with E-state index in [4.69, 9.17) is 10.8 Å². The summed E-state index contributed by atoms with van der Waals surface area (Å²) in [5.74, 6) is -0.749. The Kier molecular flexibility index (Phi) is 7.68. The molecule has 0 fully saturated rings. The van der Waals surface area contributed by atoms with Gasteiger partial charge >= 0.3 is 5.97 Å². The zero-order valence-electron chi connectivity index (χ0n) is 12.5. The van der Waals surface area contributed by atoms with Gasteiger partial charge in [0.1, 0.15) is 6.04 Å². The predicted molar refractivity (Wildman–Crippen MR) is 75.7 cm³/mol. The van der Waals surface area contributed by atoms with Crippen molar-refractivity contribution in [2.45, 2.75) is 59.4 Å². The Hall–Kier alpha value is -1.10. The lowest BCUT2D eigenvalue weighted by Gasteiger charge is -2.28. The fraction of sp³-hybridized carbons (Fsp3) is 0.857. The number of carbonyl (C=O) groups excluding carboxylic acids is 1. The number of carbonyl (C=O) groups is 2. The molecular formula is C14H28N2O3. The molecule has 0 aromatic carbocycles. The molecule has 0 aromatic rings. The molecule has 112 valence electrons. The summed E-state index contributed by atoms with van der Waals surface area (Å²) in [5, 5.41) is 11.7. The van der Waals surface area contributed by atoms with Gasteiger partial charge in [0.25, 0.3) is 0 Å². The third-order valence-corrected chi connectivity index (χ3v) is 3.35. The largest absolute Gasteiger partial charge is 0.480 e. The second-order valence-electron chi connectivity index (χ2n) is 6.10. The van der Waals surface area contributed by atoms with Crippen molar-refractivity contribution in [2.24, 2.45) is 17.1 Å². The first kappa shape index (κ1) is 17.9. The number of hydrogen-bond donors (Lipinski definition) is 3. The van der Waals surface area contributed by atoms with Gasteiger partial charge in [0, 0.05) is 6.42 Å². The van der Waals surface area contributed by atoms with Gasteiger partial charge in [-0.1, -0.05) is 34.1 Å². The minimum absolute atomic E-state index is 0.196. The third-order valence-electron chi connectivity index (χ3n) is 3.35. The summed E-state index contributed by atoms with van der Waals surface area (Å²) in [6.45, 7) is 8.10. The van der Waals surface area contributed by atoms with Crippen LogP contribution in [-0.2, 0) is 9.59 Å². The Morgan fingerprint density at radius 2 is 1.84 bits per heavy atom. The van der Waals surface area contributed by atoms with Gasteiger partial charge in [-0.2, -0.15) is 0 Å². The Morgan fingerprint density at radius 3 is 2.21 bits per heavy atom. The number of hydrogen-bond acceptors (Lipinski definition) is 3.